The zero-order valence-electron chi connectivity index (χ0n) is 20.7. The number of aliphatic hydroxyl groups is 1. The molecule has 9 heteroatoms. The van der Waals surface area contributed by atoms with Gasteiger partial charge in [-0.15, -0.1) is 0 Å². The largest absolute Gasteiger partial charge is 0.444 e. The van der Waals surface area contributed by atoms with Crippen molar-refractivity contribution in [2.75, 3.05) is 18.9 Å². The van der Waals surface area contributed by atoms with E-state index in [1.54, 1.807) is 20.8 Å². The molecule has 190 valence electrons. The maximum absolute atomic E-state index is 13.6. The number of rotatable bonds is 9. The summed E-state index contributed by atoms with van der Waals surface area (Å²) < 4.78 is 5.28. The maximum Gasteiger partial charge on any atom is 0.408 e. The second-order valence-corrected chi connectivity index (χ2v) is 10.2. The fourth-order valence-electron chi connectivity index (χ4n) is 4.06. The number of benzene rings is 1. The molecule has 3 amide bonds. The lowest BCUT2D eigenvalue weighted by Crippen LogP contribution is -2.55. The quantitative estimate of drug-likeness (QED) is 0.395. The molecular weight excluding hydrogens is 454 g/mol. The normalized spacial score (nSPS) is 16.3. The molecule has 1 aromatic rings. The highest BCUT2D eigenvalue weighted by Gasteiger charge is 2.36. The van der Waals surface area contributed by atoms with Crippen LogP contribution in [0.15, 0.2) is 24.3 Å². The van der Waals surface area contributed by atoms with Gasteiger partial charge in [0, 0.05) is 18.3 Å². The number of aryl methyl sites for hydroxylation is 1. The summed E-state index contributed by atoms with van der Waals surface area (Å²) in [6, 6.07) is 5.47. The van der Waals surface area contributed by atoms with E-state index < -0.39 is 29.7 Å². The lowest BCUT2D eigenvalue weighted by Gasteiger charge is -2.35. The first-order valence-electron chi connectivity index (χ1n) is 11.9. The van der Waals surface area contributed by atoms with Gasteiger partial charge in [-0.1, -0.05) is 49.1 Å². The monoisotopic (exact) mass is 493 g/mol. The Kier molecular flexibility index (Phi) is 10.7. The van der Waals surface area contributed by atoms with Crippen molar-refractivity contribution in [2.24, 2.45) is 0 Å². The van der Waals surface area contributed by atoms with Crippen molar-refractivity contribution in [1.29, 1.82) is 0 Å². The highest BCUT2D eigenvalue weighted by Crippen LogP contribution is 2.25. The topological polar surface area (TPSA) is 108 Å². The molecule has 1 saturated carbocycles. The SMILES string of the molecule is Cc1ccc(C(C(=O)NC2CCCCC2)N(CCO)C(=O)C(CS)NC(=O)OC(C)(C)C)cc1. The molecule has 34 heavy (non-hydrogen) atoms. The van der Waals surface area contributed by atoms with Gasteiger partial charge in [0.05, 0.1) is 6.61 Å². The van der Waals surface area contributed by atoms with Crippen LogP contribution in [0.25, 0.3) is 0 Å². The minimum atomic E-state index is -1.03. The number of aliphatic hydroxyl groups excluding tert-OH is 1. The van der Waals surface area contributed by atoms with Gasteiger partial charge in [-0.25, -0.2) is 4.79 Å². The number of hydrogen-bond acceptors (Lipinski definition) is 6. The zero-order chi connectivity index (χ0) is 25.3. The van der Waals surface area contributed by atoms with Crippen molar-refractivity contribution >= 4 is 30.5 Å². The van der Waals surface area contributed by atoms with E-state index in [9.17, 15) is 19.5 Å². The van der Waals surface area contributed by atoms with Gasteiger partial charge < -0.3 is 25.4 Å². The van der Waals surface area contributed by atoms with Gasteiger partial charge in [-0.2, -0.15) is 12.6 Å². The number of carbonyl (C=O) groups excluding carboxylic acids is 3. The Hall–Kier alpha value is -2.26. The van der Waals surface area contributed by atoms with Crippen molar-refractivity contribution in [3.63, 3.8) is 0 Å². The summed E-state index contributed by atoms with van der Waals surface area (Å²) in [7, 11) is 0. The molecule has 8 nitrogen and oxygen atoms in total. The minimum absolute atomic E-state index is 0.00483. The van der Waals surface area contributed by atoms with Gasteiger partial charge >= 0.3 is 6.09 Å². The number of nitrogens with zero attached hydrogens (tertiary/aromatic N) is 1. The van der Waals surface area contributed by atoms with E-state index in [0.717, 1.165) is 37.7 Å². The van der Waals surface area contributed by atoms with Crippen LogP contribution >= 0.6 is 12.6 Å². The molecule has 2 rings (SSSR count). The molecule has 3 N–H and O–H groups in total. The molecule has 0 aliphatic heterocycles. The maximum atomic E-state index is 13.6. The predicted octanol–water partition coefficient (Wildman–Crippen LogP) is 3.13. The number of nitrogens with one attached hydrogen (secondary N) is 2. The molecule has 1 aromatic carbocycles. The third kappa shape index (κ3) is 8.51. The molecule has 2 atom stereocenters. The second-order valence-electron chi connectivity index (χ2n) is 9.79. The summed E-state index contributed by atoms with van der Waals surface area (Å²) in [6.07, 6.45) is 4.33. The lowest BCUT2D eigenvalue weighted by atomic mass is 9.94. The van der Waals surface area contributed by atoms with E-state index in [1.807, 2.05) is 31.2 Å². The molecule has 0 aromatic heterocycles. The minimum Gasteiger partial charge on any atom is -0.444 e. The first-order chi connectivity index (χ1) is 16.1. The van der Waals surface area contributed by atoms with Crippen molar-refractivity contribution < 1.29 is 24.2 Å². The van der Waals surface area contributed by atoms with Crippen LogP contribution in [0.4, 0.5) is 4.79 Å². The van der Waals surface area contributed by atoms with E-state index in [4.69, 9.17) is 4.74 Å². The Balaban J connectivity index is 2.33. The van der Waals surface area contributed by atoms with E-state index in [0.29, 0.717) is 5.56 Å². The summed E-state index contributed by atoms with van der Waals surface area (Å²) in [4.78, 5) is 40.7. The molecule has 1 fully saturated rings. The van der Waals surface area contributed by atoms with Gasteiger partial charge in [-0.3, -0.25) is 9.59 Å². The molecule has 0 saturated heterocycles. The van der Waals surface area contributed by atoms with Crippen molar-refractivity contribution in [3.8, 4) is 0 Å². The Bertz CT molecular complexity index is 819. The van der Waals surface area contributed by atoms with E-state index in [1.165, 1.54) is 4.90 Å². The van der Waals surface area contributed by atoms with E-state index in [2.05, 4.69) is 23.3 Å². The van der Waals surface area contributed by atoms with Crippen molar-refractivity contribution in [1.82, 2.24) is 15.5 Å². The Labute approximate surface area is 208 Å². The third-order valence-electron chi connectivity index (χ3n) is 5.70. The smallest absolute Gasteiger partial charge is 0.408 e. The summed E-state index contributed by atoms with van der Waals surface area (Å²) in [5.41, 5.74) is 0.926. The number of carbonyl (C=O) groups is 3. The average molecular weight is 494 g/mol. The number of hydrogen-bond donors (Lipinski definition) is 4. The van der Waals surface area contributed by atoms with E-state index in [-0.39, 0.29) is 30.9 Å². The van der Waals surface area contributed by atoms with Gasteiger partial charge in [0.25, 0.3) is 0 Å². The first kappa shape index (κ1) is 28.0. The predicted molar refractivity (Wildman–Crippen MR) is 135 cm³/mol. The second kappa shape index (κ2) is 13.0. The summed E-state index contributed by atoms with van der Waals surface area (Å²) in [5, 5.41) is 15.4. The summed E-state index contributed by atoms with van der Waals surface area (Å²) in [5.74, 6) is -0.808. The van der Waals surface area contributed by atoms with Gasteiger partial charge in [0.2, 0.25) is 11.8 Å². The number of ether oxygens (including phenoxy) is 1. The van der Waals surface area contributed by atoms with Gasteiger partial charge in [0.15, 0.2) is 0 Å². The molecule has 1 aliphatic carbocycles. The Morgan fingerprint density at radius 3 is 2.29 bits per heavy atom. The number of thiol groups is 1. The highest BCUT2D eigenvalue weighted by atomic mass is 32.1. The molecular formula is C25H39N3O5S. The molecule has 2 unspecified atom stereocenters. The zero-order valence-corrected chi connectivity index (χ0v) is 21.6. The standard InChI is InChI=1S/C25H39N3O5S/c1-17-10-12-18(13-11-17)21(22(30)26-19-8-6-5-7-9-19)28(14-15-29)23(31)20(16-34)27-24(32)33-25(2,3)4/h10-13,19-21,29,34H,5-9,14-16H2,1-4H3,(H,26,30)(H,27,32). The fourth-order valence-corrected chi connectivity index (χ4v) is 4.31. The number of alkyl carbamates (subject to hydrolysis) is 1. The Morgan fingerprint density at radius 1 is 1.15 bits per heavy atom. The molecule has 0 heterocycles. The van der Waals surface area contributed by atoms with Gasteiger partial charge in [-0.05, 0) is 46.1 Å². The van der Waals surface area contributed by atoms with Crippen molar-refractivity contribution in [3.05, 3.63) is 35.4 Å². The van der Waals surface area contributed by atoms with Crippen molar-refractivity contribution in [2.45, 2.75) is 83.5 Å². The van der Waals surface area contributed by atoms with Crippen LogP contribution in [0, 0.1) is 6.92 Å². The Morgan fingerprint density at radius 2 is 1.76 bits per heavy atom. The first-order valence-corrected chi connectivity index (χ1v) is 12.6. The average Bonchev–Trinajstić information content (AvgIpc) is 2.77. The number of amides is 3. The highest BCUT2D eigenvalue weighted by molar-refractivity contribution is 7.80. The fraction of sp³-hybridized carbons (Fsp3) is 0.640. The molecule has 0 bridgehead atoms. The van der Waals surface area contributed by atoms with E-state index >= 15 is 0 Å². The molecule has 0 radical (unpaired) electrons. The lowest BCUT2D eigenvalue weighted by molar-refractivity contribution is -0.143. The van der Waals surface area contributed by atoms with Crippen LogP contribution in [-0.2, 0) is 14.3 Å². The summed E-state index contributed by atoms with van der Waals surface area (Å²) >= 11 is 4.25. The van der Waals surface area contributed by atoms with Gasteiger partial charge in [0.1, 0.15) is 17.7 Å². The van der Waals surface area contributed by atoms with Crippen LogP contribution in [0.3, 0.4) is 0 Å². The van der Waals surface area contributed by atoms with Crippen LogP contribution < -0.4 is 10.6 Å². The van der Waals surface area contributed by atoms with Crippen LogP contribution in [0.2, 0.25) is 0 Å². The van der Waals surface area contributed by atoms with Crippen LogP contribution in [0.1, 0.15) is 70.0 Å². The molecule has 0 spiro atoms. The summed E-state index contributed by atoms with van der Waals surface area (Å²) in [6.45, 7) is 6.72. The van der Waals surface area contributed by atoms with Crippen LogP contribution in [-0.4, -0.2) is 64.5 Å². The van der Waals surface area contributed by atoms with Crippen LogP contribution in [0.5, 0.6) is 0 Å². The third-order valence-corrected chi connectivity index (χ3v) is 6.07. The molecule has 1 aliphatic rings.